The SMILES string of the molecule is COc1ccc2c(C(=O)C(=O)N(CC(=O)N3CCCC3)[C@@H](C(=O)NC(C)C)C3CCCCC3)c[nH]c2c1. The third-order valence-corrected chi connectivity index (χ3v) is 7.48. The van der Waals surface area contributed by atoms with Crippen molar-refractivity contribution < 1.29 is 23.9 Å². The van der Waals surface area contributed by atoms with E-state index in [0.717, 1.165) is 44.9 Å². The highest BCUT2D eigenvalue weighted by atomic mass is 16.5. The van der Waals surface area contributed by atoms with Gasteiger partial charge in [-0.2, -0.15) is 0 Å². The number of nitrogens with one attached hydrogen (secondary N) is 2. The summed E-state index contributed by atoms with van der Waals surface area (Å²) >= 11 is 0. The summed E-state index contributed by atoms with van der Waals surface area (Å²) in [5, 5.41) is 3.53. The first-order valence-corrected chi connectivity index (χ1v) is 13.4. The molecule has 2 aliphatic rings. The van der Waals surface area contributed by atoms with Crippen LogP contribution in [-0.2, 0) is 14.4 Å². The number of ketones is 1. The topological polar surface area (TPSA) is 112 Å². The molecule has 9 heteroatoms. The number of carbonyl (C=O) groups excluding carboxylic acids is 4. The van der Waals surface area contributed by atoms with Crippen molar-refractivity contribution in [1.29, 1.82) is 0 Å². The standard InChI is InChI=1S/C28H38N4O5/c1-18(2)30-27(35)25(19-9-5-4-6-10-19)32(17-24(33)31-13-7-8-14-31)28(36)26(34)22-16-29-23-15-20(37-3)11-12-21(22)23/h11-12,15-16,18-19,25,29H,4-10,13-14,17H2,1-3H3,(H,30,35)/t25-/m1/s1. The van der Waals surface area contributed by atoms with E-state index in [1.54, 1.807) is 30.2 Å². The number of rotatable bonds is 9. The molecule has 1 aliphatic carbocycles. The van der Waals surface area contributed by atoms with Crippen molar-refractivity contribution in [1.82, 2.24) is 20.1 Å². The Morgan fingerprint density at radius 2 is 1.78 bits per heavy atom. The van der Waals surface area contributed by atoms with Crippen LogP contribution in [-0.4, -0.2) is 77.1 Å². The number of H-pyrrole nitrogens is 1. The number of carbonyl (C=O) groups is 4. The van der Waals surface area contributed by atoms with Gasteiger partial charge in [0.05, 0.1) is 12.7 Å². The van der Waals surface area contributed by atoms with Crippen molar-refractivity contribution in [3.05, 3.63) is 30.0 Å². The van der Waals surface area contributed by atoms with Gasteiger partial charge in [0.15, 0.2) is 0 Å². The number of Topliss-reactive ketones (excluding diaryl/α,β-unsaturated/α-hetero) is 1. The Morgan fingerprint density at radius 3 is 2.43 bits per heavy atom. The third-order valence-electron chi connectivity index (χ3n) is 7.48. The zero-order valence-corrected chi connectivity index (χ0v) is 22.0. The van der Waals surface area contributed by atoms with Crippen LogP contribution in [0.15, 0.2) is 24.4 Å². The first-order valence-electron chi connectivity index (χ1n) is 13.4. The van der Waals surface area contributed by atoms with Gasteiger partial charge in [0.2, 0.25) is 11.8 Å². The fourth-order valence-corrected chi connectivity index (χ4v) is 5.60. The van der Waals surface area contributed by atoms with Crippen LogP contribution in [0.25, 0.3) is 10.9 Å². The Morgan fingerprint density at radius 1 is 1.08 bits per heavy atom. The molecule has 0 unspecified atom stereocenters. The number of hydrogen-bond acceptors (Lipinski definition) is 5. The summed E-state index contributed by atoms with van der Waals surface area (Å²) in [6, 6.07) is 4.20. The molecule has 2 fully saturated rings. The summed E-state index contributed by atoms with van der Waals surface area (Å²) in [5.74, 6) is -1.56. The van der Waals surface area contributed by atoms with E-state index in [-0.39, 0.29) is 35.9 Å². The first kappa shape index (κ1) is 26.7. The maximum absolute atomic E-state index is 13.9. The van der Waals surface area contributed by atoms with Crippen molar-refractivity contribution in [3.8, 4) is 5.75 Å². The van der Waals surface area contributed by atoms with E-state index in [4.69, 9.17) is 4.74 Å². The molecule has 0 radical (unpaired) electrons. The molecule has 1 saturated heterocycles. The van der Waals surface area contributed by atoms with Gasteiger partial charge < -0.3 is 24.8 Å². The molecule has 1 atom stereocenters. The molecule has 3 amide bonds. The predicted octanol–water partition coefficient (Wildman–Crippen LogP) is 3.28. The van der Waals surface area contributed by atoms with Crippen molar-refractivity contribution in [2.24, 2.45) is 5.92 Å². The van der Waals surface area contributed by atoms with Gasteiger partial charge >= 0.3 is 0 Å². The van der Waals surface area contributed by atoms with E-state index in [1.807, 2.05) is 13.8 Å². The monoisotopic (exact) mass is 510 g/mol. The summed E-state index contributed by atoms with van der Waals surface area (Å²) < 4.78 is 5.26. The average molecular weight is 511 g/mol. The largest absolute Gasteiger partial charge is 0.497 e. The van der Waals surface area contributed by atoms with Gasteiger partial charge in [0.25, 0.3) is 11.7 Å². The second-order valence-corrected chi connectivity index (χ2v) is 10.5. The van der Waals surface area contributed by atoms with Crippen LogP contribution in [0.3, 0.4) is 0 Å². The zero-order chi connectivity index (χ0) is 26.5. The molecule has 0 bridgehead atoms. The number of hydrogen-bond donors (Lipinski definition) is 2. The maximum atomic E-state index is 13.9. The third kappa shape index (κ3) is 5.97. The van der Waals surface area contributed by atoms with Gasteiger partial charge in [-0.15, -0.1) is 0 Å². The average Bonchev–Trinajstić information content (AvgIpc) is 3.57. The fraction of sp³-hybridized carbons (Fsp3) is 0.571. The van der Waals surface area contributed by atoms with E-state index < -0.39 is 17.7 Å². The van der Waals surface area contributed by atoms with Crippen LogP contribution in [0.1, 0.15) is 69.2 Å². The second kappa shape index (κ2) is 11.8. The van der Waals surface area contributed by atoms with E-state index in [0.29, 0.717) is 29.7 Å². The molecule has 1 saturated carbocycles. The van der Waals surface area contributed by atoms with Crippen LogP contribution in [0, 0.1) is 5.92 Å². The molecular weight excluding hydrogens is 472 g/mol. The van der Waals surface area contributed by atoms with Crippen LogP contribution in [0.2, 0.25) is 0 Å². The van der Waals surface area contributed by atoms with Crippen LogP contribution >= 0.6 is 0 Å². The fourth-order valence-electron chi connectivity index (χ4n) is 5.60. The molecule has 2 heterocycles. The Labute approximate surface area is 217 Å². The number of aromatic amines is 1. The van der Waals surface area contributed by atoms with Gasteiger partial charge in [-0.05, 0) is 57.6 Å². The number of amides is 3. The maximum Gasteiger partial charge on any atom is 0.296 e. The molecule has 9 nitrogen and oxygen atoms in total. The van der Waals surface area contributed by atoms with Crippen LogP contribution in [0.4, 0.5) is 0 Å². The van der Waals surface area contributed by atoms with Crippen molar-refractivity contribution in [2.45, 2.75) is 70.9 Å². The summed E-state index contributed by atoms with van der Waals surface area (Å²) in [4.78, 5) is 60.4. The quantitative estimate of drug-likeness (QED) is 0.397. The summed E-state index contributed by atoms with van der Waals surface area (Å²) in [7, 11) is 1.56. The summed E-state index contributed by atoms with van der Waals surface area (Å²) in [6.45, 7) is 4.70. The van der Waals surface area contributed by atoms with Gasteiger partial charge in [-0.3, -0.25) is 19.2 Å². The van der Waals surface area contributed by atoms with Gasteiger partial charge in [-0.1, -0.05) is 19.3 Å². The Hall–Kier alpha value is -3.36. The Bertz CT molecular complexity index is 1140. The highest BCUT2D eigenvalue weighted by Crippen LogP contribution is 2.31. The van der Waals surface area contributed by atoms with Crippen LogP contribution < -0.4 is 10.1 Å². The molecule has 37 heavy (non-hydrogen) atoms. The van der Waals surface area contributed by atoms with Crippen molar-refractivity contribution in [3.63, 3.8) is 0 Å². The number of nitrogens with zero attached hydrogens (tertiary/aromatic N) is 2. The van der Waals surface area contributed by atoms with Gasteiger partial charge in [0.1, 0.15) is 18.3 Å². The minimum Gasteiger partial charge on any atom is -0.497 e. The predicted molar refractivity (Wildman–Crippen MR) is 140 cm³/mol. The number of aromatic nitrogens is 1. The normalized spacial score (nSPS) is 17.1. The number of likely N-dealkylation sites (tertiary alicyclic amines) is 1. The summed E-state index contributed by atoms with van der Waals surface area (Å²) in [6.07, 6.45) is 7.88. The van der Waals surface area contributed by atoms with E-state index in [1.165, 1.54) is 11.1 Å². The highest BCUT2D eigenvalue weighted by molar-refractivity contribution is 6.45. The zero-order valence-electron chi connectivity index (χ0n) is 22.0. The number of fused-ring (bicyclic) bond motifs is 1. The van der Waals surface area contributed by atoms with Gasteiger partial charge in [0, 0.05) is 42.3 Å². The lowest BCUT2D eigenvalue weighted by Crippen LogP contribution is -2.58. The lowest BCUT2D eigenvalue weighted by Gasteiger charge is -2.38. The lowest BCUT2D eigenvalue weighted by atomic mass is 9.82. The van der Waals surface area contributed by atoms with E-state index in [2.05, 4.69) is 10.3 Å². The molecule has 0 spiro atoms. The minimum atomic E-state index is -0.879. The van der Waals surface area contributed by atoms with Crippen molar-refractivity contribution >= 4 is 34.4 Å². The Balaban J connectivity index is 1.70. The molecule has 4 rings (SSSR count). The van der Waals surface area contributed by atoms with E-state index >= 15 is 0 Å². The number of methoxy groups -OCH3 is 1. The molecule has 1 aromatic carbocycles. The smallest absolute Gasteiger partial charge is 0.296 e. The summed E-state index contributed by atoms with van der Waals surface area (Å²) in [5.41, 5.74) is 0.879. The molecule has 2 N–H and O–H groups in total. The van der Waals surface area contributed by atoms with Crippen molar-refractivity contribution in [2.75, 3.05) is 26.7 Å². The molecular formula is C28H38N4O5. The van der Waals surface area contributed by atoms with Crippen LogP contribution in [0.5, 0.6) is 5.75 Å². The first-order chi connectivity index (χ1) is 17.8. The Kier molecular flexibility index (Phi) is 8.51. The number of benzene rings is 1. The molecule has 2 aromatic rings. The molecule has 1 aromatic heterocycles. The molecule has 1 aliphatic heterocycles. The van der Waals surface area contributed by atoms with Gasteiger partial charge in [-0.25, -0.2) is 0 Å². The minimum absolute atomic E-state index is 0.108. The molecule has 200 valence electrons. The number of ether oxygens (including phenoxy) is 1. The lowest BCUT2D eigenvalue weighted by molar-refractivity contribution is -0.145. The highest BCUT2D eigenvalue weighted by Gasteiger charge is 2.41. The van der Waals surface area contributed by atoms with E-state index in [9.17, 15) is 19.2 Å². The second-order valence-electron chi connectivity index (χ2n) is 10.5.